The minimum Gasteiger partial charge on any atom is -0.497 e. The van der Waals surface area contributed by atoms with E-state index in [1.807, 2.05) is 54.6 Å². The Hall–Kier alpha value is -2.51. The van der Waals surface area contributed by atoms with Crippen molar-refractivity contribution in [3.63, 3.8) is 0 Å². The summed E-state index contributed by atoms with van der Waals surface area (Å²) in [6, 6.07) is 16.8. The molecule has 7 heteroatoms. The first-order chi connectivity index (χ1) is 13.1. The molecule has 5 nitrogen and oxygen atoms in total. The van der Waals surface area contributed by atoms with E-state index in [4.69, 9.17) is 4.74 Å². The van der Waals surface area contributed by atoms with E-state index in [0.29, 0.717) is 11.4 Å². The fraction of sp³-hybridized carbons (Fsp3) is 0.200. The van der Waals surface area contributed by atoms with Gasteiger partial charge in [-0.05, 0) is 29.8 Å². The molecule has 2 aromatic carbocycles. The topological polar surface area (TPSA) is 68.3 Å². The maximum absolute atomic E-state index is 12.7. The van der Waals surface area contributed by atoms with E-state index >= 15 is 0 Å². The minimum absolute atomic E-state index is 0.273. The molecular weight excluding hydrogens is 380 g/mol. The molecule has 0 unspecified atom stereocenters. The highest BCUT2D eigenvalue weighted by Crippen LogP contribution is 2.26. The predicted octanol–water partition coefficient (Wildman–Crippen LogP) is 3.67. The molecule has 0 aliphatic heterocycles. The summed E-state index contributed by atoms with van der Waals surface area (Å²) < 4.78 is 16.9. The van der Waals surface area contributed by atoms with Gasteiger partial charge in [0, 0.05) is 33.8 Å². The number of benzene rings is 2. The Labute approximate surface area is 164 Å². The Morgan fingerprint density at radius 1 is 1.19 bits per heavy atom. The van der Waals surface area contributed by atoms with Crippen LogP contribution in [-0.4, -0.2) is 34.2 Å². The van der Waals surface area contributed by atoms with Gasteiger partial charge in [0.25, 0.3) is 5.91 Å². The highest BCUT2D eigenvalue weighted by molar-refractivity contribution is 7.84. The average Bonchev–Trinajstić information content (AvgIpc) is 3.18. The van der Waals surface area contributed by atoms with Gasteiger partial charge in [0.15, 0.2) is 0 Å². The van der Waals surface area contributed by atoms with Crippen molar-refractivity contribution < 1.29 is 13.7 Å². The summed E-state index contributed by atoms with van der Waals surface area (Å²) in [4.78, 5) is 17.1. The van der Waals surface area contributed by atoms with Gasteiger partial charge in [-0.3, -0.25) is 9.00 Å². The van der Waals surface area contributed by atoms with Gasteiger partial charge < -0.3 is 10.1 Å². The van der Waals surface area contributed by atoms with Crippen LogP contribution in [0.1, 0.15) is 22.1 Å². The van der Waals surface area contributed by atoms with Crippen LogP contribution in [0.15, 0.2) is 60.0 Å². The third-order valence-electron chi connectivity index (χ3n) is 3.98. The molecule has 0 saturated heterocycles. The second-order valence-electron chi connectivity index (χ2n) is 5.94. The molecule has 27 heavy (non-hydrogen) atoms. The van der Waals surface area contributed by atoms with Gasteiger partial charge in [0.05, 0.1) is 13.2 Å². The first-order valence-electron chi connectivity index (χ1n) is 8.32. The predicted molar refractivity (Wildman–Crippen MR) is 110 cm³/mol. The number of hydrogen-bond acceptors (Lipinski definition) is 5. The molecule has 140 valence electrons. The summed E-state index contributed by atoms with van der Waals surface area (Å²) in [7, 11) is 0.577. The van der Waals surface area contributed by atoms with Crippen molar-refractivity contribution in [3.05, 3.63) is 71.2 Å². The van der Waals surface area contributed by atoms with Crippen LogP contribution in [0.5, 0.6) is 5.75 Å². The van der Waals surface area contributed by atoms with Crippen LogP contribution >= 0.6 is 11.3 Å². The van der Waals surface area contributed by atoms with Crippen LogP contribution < -0.4 is 10.1 Å². The second-order valence-corrected chi connectivity index (χ2v) is 8.28. The molecule has 3 rings (SSSR count). The number of methoxy groups -OCH3 is 1. The molecule has 3 aromatic rings. The zero-order chi connectivity index (χ0) is 19.2. The Morgan fingerprint density at radius 3 is 2.52 bits per heavy atom. The third-order valence-corrected chi connectivity index (χ3v) is 5.68. The van der Waals surface area contributed by atoms with Crippen molar-refractivity contribution in [2.45, 2.75) is 6.04 Å². The lowest BCUT2D eigenvalue weighted by Gasteiger charge is -2.17. The van der Waals surface area contributed by atoms with E-state index in [0.717, 1.165) is 21.9 Å². The number of thiazole rings is 1. The van der Waals surface area contributed by atoms with Gasteiger partial charge in [-0.25, -0.2) is 4.98 Å². The Kier molecular flexibility index (Phi) is 6.36. The molecular formula is C20H20N2O3S2. The standard InChI is InChI=1S/C20H20N2O3S2/c1-25-16-10-8-15(9-11-16)20-22-17(12-26-20)19(23)21-18(13-27(2)24)14-6-4-3-5-7-14/h3-12,18H,13H2,1-2H3,(H,21,23)/t18-,27-/m1/s1. The number of hydrogen-bond donors (Lipinski definition) is 1. The summed E-state index contributed by atoms with van der Waals surface area (Å²) in [6.45, 7) is 0. The molecule has 1 N–H and O–H groups in total. The average molecular weight is 401 g/mol. The highest BCUT2D eigenvalue weighted by atomic mass is 32.2. The molecule has 0 saturated carbocycles. The maximum atomic E-state index is 12.7. The van der Waals surface area contributed by atoms with Gasteiger partial charge >= 0.3 is 0 Å². The first kappa shape index (κ1) is 19.3. The van der Waals surface area contributed by atoms with Crippen molar-refractivity contribution in [1.82, 2.24) is 10.3 Å². The van der Waals surface area contributed by atoms with Gasteiger partial charge in [0.2, 0.25) is 0 Å². The molecule has 0 bridgehead atoms. The quantitative estimate of drug-likeness (QED) is 0.657. The fourth-order valence-corrected chi connectivity index (χ4v) is 4.17. The van der Waals surface area contributed by atoms with Crippen molar-refractivity contribution in [3.8, 4) is 16.3 Å². The zero-order valence-corrected chi connectivity index (χ0v) is 16.7. The molecule has 0 fully saturated rings. The smallest absolute Gasteiger partial charge is 0.271 e. The van der Waals surface area contributed by atoms with Gasteiger partial charge in [-0.2, -0.15) is 0 Å². The van der Waals surface area contributed by atoms with Crippen LogP contribution in [0.4, 0.5) is 0 Å². The summed E-state index contributed by atoms with van der Waals surface area (Å²) in [5, 5.41) is 5.45. The number of aromatic nitrogens is 1. The molecule has 0 radical (unpaired) electrons. The van der Waals surface area contributed by atoms with Crippen molar-refractivity contribution in [1.29, 1.82) is 0 Å². The SMILES string of the molecule is COc1ccc(-c2nc(C(=O)N[C@H](C[S@@](C)=O)c3ccccc3)cs2)cc1. The number of amides is 1. The normalized spacial score (nSPS) is 13.0. The van der Waals surface area contributed by atoms with Gasteiger partial charge in [-0.15, -0.1) is 11.3 Å². The van der Waals surface area contributed by atoms with Crippen LogP contribution in [0.25, 0.3) is 10.6 Å². The summed E-state index contributed by atoms with van der Waals surface area (Å²) in [5.41, 5.74) is 2.20. The van der Waals surface area contributed by atoms with Crippen LogP contribution in [0.3, 0.4) is 0 Å². The molecule has 0 aliphatic carbocycles. The lowest BCUT2D eigenvalue weighted by molar-refractivity contribution is 0.0936. The van der Waals surface area contributed by atoms with Crippen LogP contribution in [-0.2, 0) is 10.8 Å². The number of carbonyl (C=O) groups excluding carboxylic acids is 1. The van der Waals surface area contributed by atoms with Crippen molar-refractivity contribution in [2.24, 2.45) is 0 Å². The maximum Gasteiger partial charge on any atom is 0.271 e. The Morgan fingerprint density at radius 2 is 1.89 bits per heavy atom. The molecule has 2 atom stereocenters. The van der Waals surface area contributed by atoms with Crippen LogP contribution in [0, 0.1) is 0 Å². The van der Waals surface area contributed by atoms with Gasteiger partial charge in [0.1, 0.15) is 16.5 Å². The molecule has 1 aromatic heterocycles. The number of carbonyl (C=O) groups is 1. The first-order valence-corrected chi connectivity index (χ1v) is 10.9. The second kappa shape index (κ2) is 8.92. The van der Waals surface area contributed by atoms with Crippen LogP contribution in [0.2, 0.25) is 0 Å². The van der Waals surface area contributed by atoms with E-state index in [2.05, 4.69) is 10.3 Å². The fourth-order valence-electron chi connectivity index (χ4n) is 2.62. The van der Waals surface area contributed by atoms with Crippen molar-refractivity contribution in [2.75, 3.05) is 19.1 Å². The van der Waals surface area contributed by atoms with E-state index < -0.39 is 10.8 Å². The van der Waals surface area contributed by atoms with Crippen molar-refractivity contribution >= 4 is 28.0 Å². The Balaban J connectivity index is 1.76. The van der Waals surface area contributed by atoms with E-state index in [1.54, 1.807) is 18.7 Å². The summed E-state index contributed by atoms with van der Waals surface area (Å²) in [6.07, 6.45) is 1.63. The summed E-state index contributed by atoms with van der Waals surface area (Å²) in [5.74, 6) is 0.849. The van der Waals surface area contributed by atoms with E-state index in [1.165, 1.54) is 11.3 Å². The third kappa shape index (κ3) is 5.02. The Bertz CT molecular complexity index is 924. The number of rotatable bonds is 7. The largest absolute Gasteiger partial charge is 0.497 e. The summed E-state index contributed by atoms with van der Waals surface area (Å²) >= 11 is 1.41. The molecule has 0 spiro atoms. The zero-order valence-electron chi connectivity index (χ0n) is 15.0. The molecule has 1 amide bonds. The lowest BCUT2D eigenvalue weighted by Crippen LogP contribution is -2.32. The van der Waals surface area contributed by atoms with E-state index in [-0.39, 0.29) is 11.9 Å². The highest BCUT2D eigenvalue weighted by Gasteiger charge is 2.19. The number of ether oxygens (including phenoxy) is 1. The number of nitrogens with one attached hydrogen (secondary N) is 1. The molecule has 0 aliphatic rings. The van der Waals surface area contributed by atoms with E-state index in [9.17, 15) is 9.00 Å². The number of nitrogens with zero attached hydrogens (tertiary/aromatic N) is 1. The lowest BCUT2D eigenvalue weighted by atomic mass is 10.1. The van der Waals surface area contributed by atoms with Gasteiger partial charge in [-0.1, -0.05) is 30.3 Å². The minimum atomic E-state index is -1.04. The monoisotopic (exact) mass is 400 g/mol. The molecule has 1 heterocycles.